The molecule has 2 aromatic heterocycles. The summed E-state index contributed by atoms with van der Waals surface area (Å²) in [6.07, 6.45) is 5.48. The van der Waals surface area contributed by atoms with E-state index in [0.29, 0.717) is 36.0 Å². The van der Waals surface area contributed by atoms with Crippen molar-refractivity contribution in [2.45, 2.75) is 90.3 Å². The molecule has 236 valence electrons. The molecule has 0 saturated carbocycles. The zero-order valence-corrected chi connectivity index (χ0v) is 27.3. The summed E-state index contributed by atoms with van der Waals surface area (Å²) in [7, 11) is 0. The summed E-state index contributed by atoms with van der Waals surface area (Å²) < 4.78 is 0. The van der Waals surface area contributed by atoms with Gasteiger partial charge in [0.25, 0.3) is 5.91 Å². The maximum atomic E-state index is 13.8. The van der Waals surface area contributed by atoms with Crippen molar-refractivity contribution in [3.8, 4) is 0 Å². The van der Waals surface area contributed by atoms with E-state index in [2.05, 4.69) is 31.7 Å². The molecule has 2 saturated heterocycles. The summed E-state index contributed by atoms with van der Waals surface area (Å²) in [5.41, 5.74) is 4.20. The lowest BCUT2D eigenvalue weighted by molar-refractivity contribution is -0.0668. The smallest absolute Gasteiger partial charge is 0.254 e. The van der Waals surface area contributed by atoms with Crippen molar-refractivity contribution in [1.82, 2.24) is 19.8 Å². The molecule has 8 nitrogen and oxygen atoms in total. The largest absolute Gasteiger partial charge is 0.393 e. The third-order valence-corrected chi connectivity index (χ3v) is 11.0. The summed E-state index contributed by atoms with van der Waals surface area (Å²) >= 11 is 1.40. The van der Waals surface area contributed by atoms with E-state index in [4.69, 9.17) is 9.97 Å². The van der Waals surface area contributed by atoms with Gasteiger partial charge in [0.1, 0.15) is 10.3 Å². The second-order valence-corrected chi connectivity index (χ2v) is 15.7. The third-order valence-electron chi connectivity index (χ3n) is 9.95. The normalized spacial score (nSPS) is 21.6. The number of β-amino-alcohol motifs (C(OH)–C–C–N with tert-alkyl or cyclic N) is 1. The standard InChI is InChI=1S/C35H46N4O4S/c1-34(2,3)26-8-9-28-25(17-26)18-29-31(36-28)44-32(37-29)30(41)19-23(10-13-38-14-11-27(40)12-15-38)22-6-5-7-24(16-22)33(42)39-20-35(4,43)21-39/h5-7,16,18,23,26-27,40,43H,8-15,17,19-21H2,1-4H3/t23-,26-/m0/s1. The van der Waals surface area contributed by atoms with E-state index in [0.717, 1.165) is 79.8 Å². The summed E-state index contributed by atoms with van der Waals surface area (Å²) in [6.45, 7) is 11.8. The van der Waals surface area contributed by atoms with Crippen LogP contribution in [0.15, 0.2) is 30.3 Å². The lowest BCUT2D eigenvalue weighted by Gasteiger charge is -2.44. The molecule has 2 fully saturated rings. The van der Waals surface area contributed by atoms with Crippen LogP contribution >= 0.6 is 11.3 Å². The highest BCUT2D eigenvalue weighted by atomic mass is 32.1. The first kappa shape index (κ1) is 31.3. The Morgan fingerprint density at radius 3 is 2.57 bits per heavy atom. The predicted octanol–water partition coefficient (Wildman–Crippen LogP) is 5.25. The topological polar surface area (TPSA) is 107 Å². The molecule has 3 aromatic rings. The highest BCUT2D eigenvalue weighted by Gasteiger charge is 2.40. The van der Waals surface area contributed by atoms with Crippen molar-refractivity contribution in [3.63, 3.8) is 0 Å². The number of Topliss-reactive ketones (excluding diaryl/α,β-unsaturated/α-hetero) is 1. The van der Waals surface area contributed by atoms with Crippen LogP contribution in [0.4, 0.5) is 0 Å². The molecule has 3 aliphatic rings. The molecule has 0 radical (unpaired) electrons. The average Bonchev–Trinajstić information content (AvgIpc) is 3.39. The highest BCUT2D eigenvalue weighted by molar-refractivity contribution is 7.19. The van der Waals surface area contributed by atoms with E-state index in [1.807, 2.05) is 24.3 Å². The number of amides is 1. The molecule has 9 heteroatoms. The van der Waals surface area contributed by atoms with Gasteiger partial charge in [-0.15, -0.1) is 0 Å². The number of piperidine rings is 1. The van der Waals surface area contributed by atoms with Gasteiger partial charge in [-0.2, -0.15) is 0 Å². The van der Waals surface area contributed by atoms with Crippen LogP contribution < -0.4 is 0 Å². The molecular weight excluding hydrogens is 572 g/mol. The Balaban J connectivity index is 1.21. The number of aryl methyl sites for hydroxylation is 1. The van der Waals surface area contributed by atoms with Gasteiger partial charge in [0.2, 0.25) is 0 Å². The third kappa shape index (κ3) is 6.91. The molecule has 0 spiro atoms. The van der Waals surface area contributed by atoms with Gasteiger partial charge in [-0.1, -0.05) is 44.2 Å². The molecule has 6 rings (SSSR count). The summed E-state index contributed by atoms with van der Waals surface area (Å²) in [5, 5.41) is 20.6. The molecular formula is C35H46N4O4S. The predicted molar refractivity (Wildman–Crippen MR) is 173 cm³/mol. The van der Waals surface area contributed by atoms with E-state index in [1.54, 1.807) is 11.8 Å². The van der Waals surface area contributed by atoms with Crippen LogP contribution in [0, 0.1) is 11.3 Å². The van der Waals surface area contributed by atoms with Gasteiger partial charge in [-0.25, -0.2) is 9.97 Å². The van der Waals surface area contributed by atoms with Gasteiger partial charge in [-0.3, -0.25) is 9.59 Å². The number of thiazole rings is 1. The van der Waals surface area contributed by atoms with Crippen molar-refractivity contribution in [1.29, 1.82) is 0 Å². The highest BCUT2D eigenvalue weighted by Crippen LogP contribution is 2.38. The summed E-state index contributed by atoms with van der Waals surface area (Å²) in [4.78, 5) is 41.6. The number of ketones is 1. The quantitative estimate of drug-likeness (QED) is 0.332. The lowest BCUT2D eigenvalue weighted by atomic mass is 9.71. The van der Waals surface area contributed by atoms with Gasteiger partial charge >= 0.3 is 0 Å². The molecule has 2 aliphatic heterocycles. The van der Waals surface area contributed by atoms with Gasteiger partial charge in [-0.05, 0) is 98.6 Å². The van der Waals surface area contributed by atoms with Crippen LogP contribution in [0.3, 0.4) is 0 Å². The minimum Gasteiger partial charge on any atom is -0.393 e. The summed E-state index contributed by atoms with van der Waals surface area (Å²) in [6, 6.07) is 9.81. The number of hydrogen-bond acceptors (Lipinski definition) is 8. The Morgan fingerprint density at radius 1 is 1.11 bits per heavy atom. The Bertz CT molecular complexity index is 1530. The molecule has 2 atom stereocenters. The molecule has 44 heavy (non-hydrogen) atoms. The zero-order chi connectivity index (χ0) is 31.2. The number of nitrogens with zero attached hydrogens (tertiary/aromatic N) is 4. The maximum Gasteiger partial charge on any atom is 0.254 e. The monoisotopic (exact) mass is 618 g/mol. The SMILES string of the molecule is CC1(O)CN(C(=O)c2cccc([C@@H](CCN3CCC(O)CC3)CC(=O)c3nc4cc5c(nc4s3)CC[C@H](C(C)(C)C)C5)c2)C1. The van der Waals surface area contributed by atoms with Gasteiger partial charge in [0.05, 0.1) is 24.8 Å². The van der Waals surface area contributed by atoms with Gasteiger partial charge in [0.15, 0.2) is 10.8 Å². The number of aliphatic hydroxyl groups excluding tert-OH is 1. The number of pyridine rings is 1. The Morgan fingerprint density at radius 2 is 1.86 bits per heavy atom. The summed E-state index contributed by atoms with van der Waals surface area (Å²) in [5.74, 6) is 0.439. The Hall–Kier alpha value is -2.72. The van der Waals surface area contributed by atoms with Crippen LogP contribution in [0.2, 0.25) is 0 Å². The number of benzene rings is 1. The number of rotatable bonds is 8. The van der Waals surface area contributed by atoms with Crippen molar-refractivity contribution >= 4 is 33.4 Å². The number of likely N-dealkylation sites (tertiary alicyclic amines) is 2. The number of carbonyl (C=O) groups is 2. The maximum absolute atomic E-state index is 13.8. The number of hydrogen-bond donors (Lipinski definition) is 2. The number of aromatic nitrogens is 2. The van der Waals surface area contributed by atoms with Crippen LogP contribution in [-0.4, -0.2) is 86.1 Å². The molecule has 2 N–H and O–H groups in total. The Labute approximate surface area is 264 Å². The second-order valence-electron chi connectivity index (χ2n) is 14.7. The number of aliphatic hydroxyl groups is 2. The Kier molecular flexibility index (Phi) is 8.69. The zero-order valence-electron chi connectivity index (χ0n) is 26.5. The first-order valence-corrected chi connectivity index (χ1v) is 17.0. The average molecular weight is 619 g/mol. The second kappa shape index (κ2) is 12.2. The fourth-order valence-electron chi connectivity index (χ4n) is 7.08. The van der Waals surface area contributed by atoms with Crippen molar-refractivity contribution < 1.29 is 19.8 Å². The van der Waals surface area contributed by atoms with Crippen LogP contribution in [-0.2, 0) is 12.8 Å². The van der Waals surface area contributed by atoms with E-state index in [-0.39, 0.29) is 29.1 Å². The van der Waals surface area contributed by atoms with Crippen LogP contribution in [0.5, 0.6) is 0 Å². The van der Waals surface area contributed by atoms with Crippen molar-refractivity contribution in [2.24, 2.45) is 11.3 Å². The van der Waals surface area contributed by atoms with Crippen LogP contribution in [0.1, 0.15) is 103 Å². The van der Waals surface area contributed by atoms with Gasteiger partial charge in [0, 0.05) is 30.8 Å². The molecule has 1 aromatic carbocycles. The van der Waals surface area contributed by atoms with E-state index < -0.39 is 5.60 Å². The first-order chi connectivity index (χ1) is 20.8. The minimum absolute atomic E-state index is 0.00752. The van der Waals surface area contributed by atoms with Gasteiger partial charge < -0.3 is 20.0 Å². The van der Waals surface area contributed by atoms with E-state index >= 15 is 0 Å². The fourth-order valence-corrected chi connectivity index (χ4v) is 7.97. The van der Waals surface area contributed by atoms with Crippen molar-refractivity contribution in [3.05, 3.63) is 57.7 Å². The molecule has 1 aliphatic carbocycles. The first-order valence-electron chi connectivity index (χ1n) is 16.2. The molecule has 4 heterocycles. The minimum atomic E-state index is -0.829. The van der Waals surface area contributed by atoms with Crippen LogP contribution in [0.25, 0.3) is 10.3 Å². The number of fused-ring (bicyclic) bond motifs is 2. The molecule has 0 bridgehead atoms. The lowest BCUT2D eigenvalue weighted by Crippen LogP contribution is -2.61. The van der Waals surface area contributed by atoms with Crippen molar-refractivity contribution in [2.75, 3.05) is 32.7 Å². The molecule has 1 amide bonds. The van der Waals surface area contributed by atoms with E-state index in [9.17, 15) is 19.8 Å². The number of carbonyl (C=O) groups excluding carboxylic acids is 2. The van der Waals surface area contributed by atoms with E-state index in [1.165, 1.54) is 16.9 Å². The molecule has 0 unspecified atom stereocenters. The fraction of sp³-hybridized carbons (Fsp3) is 0.600.